The van der Waals surface area contributed by atoms with Gasteiger partial charge < -0.3 is 5.32 Å². The van der Waals surface area contributed by atoms with E-state index < -0.39 is 0 Å². The van der Waals surface area contributed by atoms with Crippen molar-refractivity contribution < 1.29 is 4.79 Å². The largest absolute Gasteiger partial charge is 0.324 e. The number of carbonyl (C=O) groups excluding carboxylic acids is 1. The number of anilines is 1. The molecular weight excluding hydrogens is 304 g/mol. The molecule has 2 heterocycles. The second-order valence-corrected chi connectivity index (χ2v) is 5.99. The average Bonchev–Trinajstić information content (AvgIpc) is 3.42. The van der Waals surface area contributed by atoms with E-state index in [4.69, 9.17) is 0 Å². The van der Waals surface area contributed by atoms with Gasteiger partial charge in [0.15, 0.2) is 0 Å². The van der Waals surface area contributed by atoms with Crippen molar-refractivity contribution in [2.45, 2.75) is 25.3 Å². The number of rotatable bonds is 4. The van der Waals surface area contributed by atoms with Crippen molar-refractivity contribution in [3.63, 3.8) is 0 Å². The van der Waals surface area contributed by atoms with Crippen LogP contribution in [0, 0.1) is 0 Å². The molecule has 6 heteroatoms. The first-order valence-corrected chi connectivity index (χ1v) is 7.92. The normalized spacial score (nSPS) is 13.8. The molecule has 24 heavy (non-hydrogen) atoms. The highest BCUT2D eigenvalue weighted by Gasteiger charge is 2.25. The van der Waals surface area contributed by atoms with Crippen LogP contribution < -0.4 is 10.9 Å². The number of carbonyl (C=O) groups is 1. The topological polar surface area (TPSA) is 76.9 Å². The van der Waals surface area contributed by atoms with Crippen LogP contribution >= 0.6 is 0 Å². The van der Waals surface area contributed by atoms with E-state index in [0.717, 1.165) is 29.4 Å². The highest BCUT2D eigenvalue weighted by Crippen LogP contribution is 2.38. The Morgan fingerprint density at radius 3 is 2.92 bits per heavy atom. The third kappa shape index (κ3) is 3.03. The van der Waals surface area contributed by atoms with Crippen LogP contribution in [0.1, 0.15) is 24.5 Å². The van der Waals surface area contributed by atoms with Crippen LogP contribution in [0.15, 0.2) is 53.5 Å². The van der Waals surface area contributed by atoms with Crippen LogP contribution in [0.5, 0.6) is 0 Å². The van der Waals surface area contributed by atoms with E-state index in [1.807, 2.05) is 24.3 Å². The zero-order valence-electron chi connectivity index (χ0n) is 13.0. The summed E-state index contributed by atoms with van der Waals surface area (Å²) in [6.45, 7) is -0.0928. The number of aromatic nitrogens is 3. The van der Waals surface area contributed by atoms with Gasteiger partial charge in [-0.25, -0.2) is 4.68 Å². The molecule has 2 aromatic heterocycles. The average molecular weight is 320 g/mol. The number of pyridine rings is 1. The minimum absolute atomic E-state index is 0.0928. The van der Waals surface area contributed by atoms with Gasteiger partial charge in [-0.1, -0.05) is 6.07 Å². The summed E-state index contributed by atoms with van der Waals surface area (Å²) in [6.07, 6.45) is 3.93. The minimum Gasteiger partial charge on any atom is -0.324 e. The fraction of sp³-hybridized carbons (Fsp3) is 0.222. The summed E-state index contributed by atoms with van der Waals surface area (Å²) in [4.78, 5) is 28.4. The lowest BCUT2D eigenvalue weighted by molar-refractivity contribution is -0.117. The quantitative estimate of drug-likeness (QED) is 0.800. The Morgan fingerprint density at radius 2 is 2.08 bits per heavy atom. The van der Waals surface area contributed by atoms with E-state index in [2.05, 4.69) is 15.4 Å². The molecule has 0 aliphatic heterocycles. The summed E-state index contributed by atoms with van der Waals surface area (Å²) in [6, 6.07) is 12.5. The molecule has 4 rings (SSSR count). The molecule has 0 radical (unpaired) electrons. The molecule has 1 N–H and O–H groups in total. The van der Waals surface area contributed by atoms with E-state index in [0.29, 0.717) is 11.6 Å². The molecule has 0 saturated heterocycles. The molecule has 1 amide bonds. The summed E-state index contributed by atoms with van der Waals surface area (Å²) >= 11 is 0. The molecular formula is C18H16N4O2. The van der Waals surface area contributed by atoms with Crippen molar-refractivity contribution in [3.8, 4) is 0 Å². The predicted octanol–water partition coefficient (Wildman–Crippen LogP) is 2.31. The molecule has 0 spiro atoms. The standard InChI is InChI=1S/C18H16N4O2/c23-17(11-22-18(24)8-7-16(21-22)12-3-4-12)20-14-5-6-15-13(10-14)2-1-9-19-15/h1-2,5-10,12H,3-4,11H2,(H,20,23). The summed E-state index contributed by atoms with van der Waals surface area (Å²) in [7, 11) is 0. The molecule has 6 nitrogen and oxygen atoms in total. The summed E-state index contributed by atoms with van der Waals surface area (Å²) in [5, 5.41) is 8.05. The smallest absolute Gasteiger partial charge is 0.267 e. The Hall–Kier alpha value is -3.02. The number of nitrogens with one attached hydrogen (secondary N) is 1. The number of nitrogens with zero attached hydrogens (tertiary/aromatic N) is 3. The first kappa shape index (κ1) is 14.6. The van der Waals surface area contributed by atoms with Gasteiger partial charge in [0, 0.05) is 29.3 Å². The van der Waals surface area contributed by atoms with Gasteiger partial charge >= 0.3 is 0 Å². The predicted molar refractivity (Wildman–Crippen MR) is 90.8 cm³/mol. The third-order valence-electron chi connectivity index (χ3n) is 4.06. The third-order valence-corrected chi connectivity index (χ3v) is 4.06. The maximum absolute atomic E-state index is 12.2. The maximum Gasteiger partial charge on any atom is 0.267 e. The van der Waals surface area contributed by atoms with Crippen molar-refractivity contribution in [2.24, 2.45) is 0 Å². The molecule has 0 bridgehead atoms. The summed E-state index contributed by atoms with van der Waals surface area (Å²) < 4.78 is 1.23. The van der Waals surface area contributed by atoms with Gasteiger partial charge in [-0.05, 0) is 43.2 Å². The molecule has 1 aliphatic rings. The van der Waals surface area contributed by atoms with Crippen molar-refractivity contribution in [1.82, 2.24) is 14.8 Å². The zero-order valence-corrected chi connectivity index (χ0v) is 13.0. The molecule has 120 valence electrons. The van der Waals surface area contributed by atoms with Crippen LogP contribution in [0.4, 0.5) is 5.69 Å². The van der Waals surface area contributed by atoms with Crippen LogP contribution in [0.2, 0.25) is 0 Å². The number of hydrogen-bond acceptors (Lipinski definition) is 4. The summed E-state index contributed by atoms with van der Waals surface area (Å²) in [5.41, 5.74) is 2.16. The lowest BCUT2D eigenvalue weighted by atomic mass is 10.2. The summed E-state index contributed by atoms with van der Waals surface area (Å²) in [5.74, 6) is 0.161. The van der Waals surface area contributed by atoms with Crippen LogP contribution in [-0.2, 0) is 11.3 Å². The van der Waals surface area contributed by atoms with Gasteiger partial charge in [0.2, 0.25) is 5.91 Å². The minimum atomic E-state index is -0.277. The van der Waals surface area contributed by atoms with Gasteiger partial charge in [-0.2, -0.15) is 5.10 Å². The van der Waals surface area contributed by atoms with Gasteiger partial charge in [-0.3, -0.25) is 14.6 Å². The van der Waals surface area contributed by atoms with Gasteiger partial charge in [0.1, 0.15) is 6.54 Å². The highest BCUT2D eigenvalue weighted by atomic mass is 16.2. The molecule has 1 fully saturated rings. The Balaban J connectivity index is 1.51. The molecule has 1 saturated carbocycles. The number of fused-ring (bicyclic) bond motifs is 1. The van der Waals surface area contributed by atoms with E-state index >= 15 is 0 Å². The SMILES string of the molecule is O=C(Cn1nc(C2CC2)ccc1=O)Nc1ccc2ncccc2c1. The van der Waals surface area contributed by atoms with Crippen LogP contribution in [-0.4, -0.2) is 20.7 Å². The van der Waals surface area contributed by atoms with Crippen molar-refractivity contribution in [3.05, 3.63) is 64.7 Å². The Labute approximate surface area is 138 Å². The molecule has 1 aromatic carbocycles. The highest BCUT2D eigenvalue weighted by molar-refractivity contribution is 5.93. The first-order chi connectivity index (χ1) is 11.7. The van der Waals surface area contributed by atoms with Gasteiger partial charge in [-0.15, -0.1) is 0 Å². The first-order valence-electron chi connectivity index (χ1n) is 7.92. The second kappa shape index (κ2) is 5.88. The lowest BCUT2D eigenvalue weighted by Crippen LogP contribution is -2.29. The Bertz CT molecular complexity index is 976. The van der Waals surface area contributed by atoms with E-state index in [9.17, 15) is 9.59 Å². The van der Waals surface area contributed by atoms with Crippen molar-refractivity contribution in [2.75, 3.05) is 5.32 Å². The van der Waals surface area contributed by atoms with Crippen molar-refractivity contribution >= 4 is 22.5 Å². The number of benzene rings is 1. The number of amides is 1. The fourth-order valence-corrected chi connectivity index (χ4v) is 2.66. The monoisotopic (exact) mass is 320 g/mol. The molecule has 3 aromatic rings. The van der Waals surface area contributed by atoms with Gasteiger partial charge in [0.05, 0.1) is 11.2 Å². The molecule has 0 atom stereocenters. The van der Waals surface area contributed by atoms with E-state index in [1.54, 1.807) is 18.3 Å². The fourth-order valence-electron chi connectivity index (χ4n) is 2.66. The van der Waals surface area contributed by atoms with Crippen molar-refractivity contribution in [1.29, 1.82) is 0 Å². The Morgan fingerprint density at radius 1 is 1.21 bits per heavy atom. The molecule has 1 aliphatic carbocycles. The number of hydrogen-bond donors (Lipinski definition) is 1. The van der Waals surface area contributed by atoms with E-state index in [1.165, 1.54) is 10.7 Å². The van der Waals surface area contributed by atoms with E-state index in [-0.39, 0.29) is 18.0 Å². The van der Waals surface area contributed by atoms with Crippen LogP contribution in [0.25, 0.3) is 10.9 Å². The lowest BCUT2D eigenvalue weighted by Gasteiger charge is -2.08. The van der Waals surface area contributed by atoms with Crippen LogP contribution in [0.3, 0.4) is 0 Å². The maximum atomic E-state index is 12.2. The Kier molecular flexibility index (Phi) is 3.57. The molecule has 0 unspecified atom stereocenters. The zero-order chi connectivity index (χ0) is 16.5. The van der Waals surface area contributed by atoms with Gasteiger partial charge in [0.25, 0.3) is 5.56 Å². The second-order valence-electron chi connectivity index (χ2n) is 5.99.